The molecule has 0 bridgehead atoms. The van der Waals surface area contributed by atoms with Crippen LogP contribution in [0.25, 0.3) is 0 Å². The third-order valence-corrected chi connectivity index (χ3v) is 1.59. The standard InChI is InChI=1S/C7H13N3/c1-3-10(4-2)7-5-6-8-9-7/h5-6H,3-4H2,1-2H3,(H,8,9). The minimum Gasteiger partial charge on any atom is -0.358 e. The zero-order valence-corrected chi connectivity index (χ0v) is 6.46. The van der Waals surface area contributed by atoms with Gasteiger partial charge in [0.2, 0.25) is 0 Å². The molecule has 0 radical (unpaired) electrons. The van der Waals surface area contributed by atoms with E-state index in [4.69, 9.17) is 0 Å². The SMILES string of the molecule is CCN(CC)c1ccn[nH]1. The molecule has 0 saturated carbocycles. The summed E-state index contributed by atoms with van der Waals surface area (Å²) in [6.07, 6.45) is 1.77. The maximum absolute atomic E-state index is 3.87. The van der Waals surface area contributed by atoms with Gasteiger partial charge in [-0.05, 0) is 13.8 Å². The van der Waals surface area contributed by atoms with Crippen LogP contribution in [0.3, 0.4) is 0 Å². The fraction of sp³-hybridized carbons (Fsp3) is 0.571. The highest BCUT2D eigenvalue weighted by molar-refractivity contribution is 5.35. The van der Waals surface area contributed by atoms with Gasteiger partial charge in [0, 0.05) is 19.2 Å². The lowest BCUT2D eigenvalue weighted by molar-refractivity contribution is 0.839. The lowest BCUT2D eigenvalue weighted by atomic mass is 10.5. The van der Waals surface area contributed by atoms with E-state index in [0.29, 0.717) is 0 Å². The van der Waals surface area contributed by atoms with Crippen molar-refractivity contribution in [3.8, 4) is 0 Å². The highest BCUT2D eigenvalue weighted by Crippen LogP contribution is 2.06. The Morgan fingerprint density at radius 1 is 1.50 bits per heavy atom. The molecule has 0 atom stereocenters. The Hall–Kier alpha value is -0.990. The largest absolute Gasteiger partial charge is 0.358 e. The molecule has 0 aliphatic heterocycles. The van der Waals surface area contributed by atoms with Crippen LogP contribution in [-0.4, -0.2) is 23.3 Å². The molecule has 1 N–H and O–H groups in total. The summed E-state index contributed by atoms with van der Waals surface area (Å²) in [5, 5.41) is 6.79. The smallest absolute Gasteiger partial charge is 0.123 e. The summed E-state index contributed by atoms with van der Waals surface area (Å²) < 4.78 is 0. The van der Waals surface area contributed by atoms with Gasteiger partial charge < -0.3 is 4.90 Å². The normalized spacial score (nSPS) is 9.80. The average molecular weight is 139 g/mol. The Labute approximate surface area is 61.0 Å². The minimum absolute atomic E-state index is 1.03. The third-order valence-electron chi connectivity index (χ3n) is 1.59. The first kappa shape index (κ1) is 7.12. The summed E-state index contributed by atoms with van der Waals surface area (Å²) in [6.45, 7) is 6.31. The first-order chi connectivity index (χ1) is 4.88. The Morgan fingerprint density at radius 2 is 2.20 bits per heavy atom. The molecule has 0 spiro atoms. The Morgan fingerprint density at radius 3 is 2.60 bits per heavy atom. The van der Waals surface area contributed by atoms with Crippen molar-refractivity contribution < 1.29 is 0 Å². The first-order valence-electron chi connectivity index (χ1n) is 3.62. The van der Waals surface area contributed by atoms with Crippen LogP contribution >= 0.6 is 0 Å². The van der Waals surface area contributed by atoms with Crippen molar-refractivity contribution in [3.05, 3.63) is 12.3 Å². The number of nitrogens with zero attached hydrogens (tertiary/aromatic N) is 2. The molecule has 3 heteroatoms. The van der Waals surface area contributed by atoms with Crippen molar-refractivity contribution in [1.29, 1.82) is 0 Å². The van der Waals surface area contributed by atoms with Gasteiger partial charge in [0.05, 0.1) is 6.20 Å². The predicted molar refractivity (Wildman–Crippen MR) is 42.1 cm³/mol. The maximum atomic E-state index is 3.87. The highest BCUT2D eigenvalue weighted by atomic mass is 15.3. The van der Waals surface area contributed by atoms with Gasteiger partial charge in [0.15, 0.2) is 0 Å². The number of hydrogen-bond acceptors (Lipinski definition) is 2. The molecule has 0 aliphatic rings. The Kier molecular flexibility index (Phi) is 2.31. The van der Waals surface area contributed by atoms with Crippen LogP contribution < -0.4 is 4.90 Å². The average Bonchev–Trinajstić information content (AvgIpc) is 2.43. The van der Waals surface area contributed by atoms with E-state index < -0.39 is 0 Å². The zero-order valence-electron chi connectivity index (χ0n) is 6.46. The van der Waals surface area contributed by atoms with E-state index in [1.54, 1.807) is 6.20 Å². The number of hydrogen-bond donors (Lipinski definition) is 1. The van der Waals surface area contributed by atoms with Crippen molar-refractivity contribution in [2.45, 2.75) is 13.8 Å². The molecule has 1 aromatic rings. The molecule has 0 fully saturated rings. The lowest BCUT2D eigenvalue weighted by Gasteiger charge is -2.17. The molecular weight excluding hydrogens is 126 g/mol. The molecule has 0 amide bonds. The van der Waals surface area contributed by atoms with E-state index in [0.717, 1.165) is 18.9 Å². The number of aromatic amines is 1. The van der Waals surface area contributed by atoms with Gasteiger partial charge in [0.1, 0.15) is 5.82 Å². The van der Waals surface area contributed by atoms with E-state index in [1.807, 2.05) is 6.07 Å². The predicted octanol–water partition coefficient (Wildman–Crippen LogP) is 1.26. The second-order valence-corrected chi connectivity index (χ2v) is 2.11. The van der Waals surface area contributed by atoms with Gasteiger partial charge in [-0.15, -0.1) is 0 Å². The van der Waals surface area contributed by atoms with E-state index in [9.17, 15) is 0 Å². The number of nitrogens with one attached hydrogen (secondary N) is 1. The van der Waals surface area contributed by atoms with Crippen LogP contribution in [0.15, 0.2) is 12.3 Å². The zero-order chi connectivity index (χ0) is 7.40. The topological polar surface area (TPSA) is 31.9 Å². The van der Waals surface area contributed by atoms with E-state index >= 15 is 0 Å². The highest BCUT2D eigenvalue weighted by Gasteiger charge is 1.99. The molecule has 0 aromatic carbocycles. The van der Waals surface area contributed by atoms with Crippen LogP contribution in [0.2, 0.25) is 0 Å². The molecule has 0 saturated heterocycles. The van der Waals surface area contributed by atoms with Crippen LogP contribution in [0, 0.1) is 0 Å². The third kappa shape index (κ3) is 1.29. The van der Waals surface area contributed by atoms with Crippen LogP contribution in [0.1, 0.15) is 13.8 Å². The van der Waals surface area contributed by atoms with Crippen LogP contribution in [0.5, 0.6) is 0 Å². The lowest BCUT2D eigenvalue weighted by Crippen LogP contribution is -2.21. The molecule has 56 valence electrons. The Balaban J connectivity index is 2.64. The summed E-state index contributed by atoms with van der Waals surface area (Å²) in [7, 11) is 0. The molecule has 3 nitrogen and oxygen atoms in total. The van der Waals surface area contributed by atoms with Gasteiger partial charge in [-0.3, -0.25) is 5.10 Å². The molecule has 0 unspecified atom stereocenters. The first-order valence-corrected chi connectivity index (χ1v) is 3.62. The summed E-state index contributed by atoms with van der Waals surface area (Å²) in [5.74, 6) is 1.10. The molecule has 1 rings (SSSR count). The summed E-state index contributed by atoms with van der Waals surface area (Å²) in [4.78, 5) is 2.22. The molecule has 1 heterocycles. The fourth-order valence-electron chi connectivity index (χ4n) is 0.989. The second kappa shape index (κ2) is 3.25. The maximum Gasteiger partial charge on any atom is 0.123 e. The van der Waals surface area contributed by atoms with Crippen molar-refractivity contribution in [3.63, 3.8) is 0 Å². The van der Waals surface area contributed by atoms with Crippen molar-refractivity contribution in [2.75, 3.05) is 18.0 Å². The van der Waals surface area contributed by atoms with E-state index in [-0.39, 0.29) is 0 Å². The van der Waals surface area contributed by atoms with Crippen molar-refractivity contribution in [1.82, 2.24) is 10.2 Å². The molecule has 10 heavy (non-hydrogen) atoms. The van der Waals surface area contributed by atoms with Crippen molar-refractivity contribution in [2.24, 2.45) is 0 Å². The van der Waals surface area contributed by atoms with Gasteiger partial charge in [-0.1, -0.05) is 0 Å². The number of rotatable bonds is 3. The second-order valence-electron chi connectivity index (χ2n) is 2.11. The number of anilines is 1. The van der Waals surface area contributed by atoms with Gasteiger partial charge in [0.25, 0.3) is 0 Å². The summed E-state index contributed by atoms with van der Waals surface area (Å²) in [5.41, 5.74) is 0. The van der Waals surface area contributed by atoms with Gasteiger partial charge in [-0.2, -0.15) is 5.10 Å². The molecule has 1 aromatic heterocycles. The fourth-order valence-corrected chi connectivity index (χ4v) is 0.989. The van der Waals surface area contributed by atoms with Gasteiger partial charge >= 0.3 is 0 Å². The Bertz CT molecular complexity index is 165. The quantitative estimate of drug-likeness (QED) is 0.683. The van der Waals surface area contributed by atoms with Crippen LogP contribution in [-0.2, 0) is 0 Å². The van der Waals surface area contributed by atoms with E-state index in [2.05, 4.69) is 28.9 Å². The molecule has 0 aliphatic carbocycles. The minimum atomic E-state index is 1.03. The van der Waals surface area contributed by atoms with Gasteiger partial charge in [-0.25, -0.2) is 0 Å². The van der Waals surface area contributed by atoms with Crippen molar-refractivity contribution >= 4 is 5.82 Å². The number of aromatic nitrogens is 2. The summed E-state index contributed by atoms with van der Waals surface area (Å²) in [6, 6.07) is 1.98. The van der Waals surface area contributed by atoms with E-state index in [1.165, 1.54) is 0 Å². The van der Waals surface area contributed by atoms with Crippen LogP contribution in [0.4, 0.5) is 5.82 Å². The monoisotopic (exact) mass is 139 g/mol. The number of H-pyrrole nitrogens is 1. The molecular formula is C7H13N3. The summed E-state index contributed by atoms with van der Waals surface area (Å²) >= 11 is 0.